The number of anilines is 3. The van der Waals surface area contributed by atoms with E-state index in [1.165, 1.54) is 119 Å². The van der Waals surface area contributed by atoms with E-state index < -0.39 is 0 Å². The predicted molar refractivity (Wildman–Crippen MR) is 239 cm³/mol. The lowest BCUT2D eigenvalue weighted by Crippen LogP contribution is -2.55. The van der Waals surface area contributed by atoms with Crippen LogP contribution in [0.15, 0.2) is 152 Å². The van der Waals surface area contributed by atoms with Gasteiger partial charge in [-0.1, -0.05) is 122 Å². The first-order valence-corrected chi connectivity index (χ1v) is 22.5. The average Bonchev–Trinajstić information content (AvgIpc) is 4.03. The highest BCUT2D eigenvalue weighted by Gasteiger charge is 2.62. The van der Waals surface area contributed by atoms with Gasteiger partial charge in [0, 0.05) is 27.8 Å². The van der Waals surface area contributed by atoms with E-state index in [-0.39, 0.29) is 10.8 Å². The molecule has 0 N–H and O–H groups in total. The van der Waals surface area contributed by atoms with Crippen LogP contribution in [0.25, 0.3) is 44.2 Å². The highest BCUT2D eigenvalue weighted by atomic mass is 15.1. The molecular weight excluding hydrogens is 699 g/mol. The maximum atomic E-state index is 2.70. The summed E-state index contributed by atoms with van der Waals surface area (Å²) in [5.74, 6) is 4.91. The summed E-state index contributed by atoms with van der Waals surface area (Å²) in [6, 6.07) is 59.3. The number of hydrogen-bond donors (Lipinski definition) is 0. The lowest BCUT2D eigenvalue weighted by molar-refractivity contribution is -0.0399. The van der Waals surface area contributed by atoms with Gasteiger partial charge in [-0.25, -0.2) is 0 Å². The van der Waals surface area contributed by atoms with Crippen LogP contribution in [-0.2, 0) is 10.8 Å². The number of hydrogen-bond acceptors (Lipinski definition) is 1. The monoisotopic (exact) mass is 747 g/mol. The van der Waals surface area contributed by atoms with Gasteiger partial charge in [-0.2, -0.15) is 0 Å². The minimum atomic E-state index is 0.124. The summed E-state index contributed by atoms with van der Waals surface area (Å²) in [6.07, 6.45) is 12.5. The molecule has 0 aromatic heterocycles. The van der Waals surface area contributed by atoms with Gasteiger partial charge < -0.3 is 4.90 Å². The van der Waals surface area contributed by atoms with Gasteiger partial charge in [0.25, 0.3) is 0 Å². The quantitative estimate of drug-likeness (QED) is 0.173. The summed E-state index contributed by atoms with van der Waals surface area (Å²) >= 11 is 0. The highest BCUT2D eigenvalue weighted by Crippen LogP contribution is 2.70. The molecular formula is C57H49N. The van der Waals surface area contributed by atoms with Crippen molar-refractivity contribution in [3.63, 3.8) is 0 Å². The Hall–Kier alpha value is -5.40. The molecule has 0 radical (unpaired) electrons. The molecule has 15 rings (SSSR count). The molecule has 3 atom stereocenters. The smallest absolute Gasteiger partial charge is 0.0543 e. The van der Waals surface area contributed by atoms with Crippen LogP contribution in [0, 0.1) is 35.5 Å². The number of benzene rings is 7. The van der Waals surface area contributed by atoms with E-state index in [1.807, 2.05) is 0 Å². The van der Waals surface area contributed by atoms with Crippen molar-refractivity contribution in [2.45, 2.75) is 68.6 Å². The fraction of sp³-hybridized carbons (Fsp3) is 0.298. The first-order chi connectivity index (χ1) is 28.7. The summed E-state index contributed by atoms with van der Waals surface area (Å²) in [7, 11) is 0. The van der Waals surface area contributed by atoms with Crippen molar-refractivity contribution in [3.8, 4) is 33.4 Å². The zero-order valence-electron chi connectivity index (χ0n) is 33.2. The van der Waals surface area contributed by atoms with Crippen molar-refractivity contribution < 1.29 is 0 Å². The van der Waals surface area contributed by atoms with Gasteiger partial charge in [-0.3, -0.25) is 0 Å². The highest BCUT2D eigenvalue weighted by molar-refractivity contribution is 5.97. The number of fused-ring (bicyclic) bond motifs is 12. The van der Waals surface area contributed by atoms with Gasteiger partial charge in [0.15, 0.2) is 0 Å². The molecule has 8 aliphatic rings. The van der Waals surface area contributed by atoms with Crippen molar-refractivity contribution in [2.24, 2.45) is 35.5 Å². The fourth-order valence-corrected chi connectivity index (χ4v) is 15.5. The standard InChI is InChI=1S/C57H49N/c1-2-9-40-32-41(18-17-38(40)8-1)39-19-22-45(23-20-39)58(54-15-7-14-52-55(54)49-11-4-5-12-50(49)56(52)34-35-16-21-42(56)27-35)46-24-25-48-47-10-3-6-13-51(47)57(53(48)33-46)43-28-36-26-37(30-43)31-44(57)29-36/h1-15,17-20,22-25,32-33,35-37,42-44H,16,21,26-31,34H2/t35?,36-,37?,42?,43-,44-,56+,57+/m0/s1. The molecule has 0 aliphatic heterocycles. The van der Waals surface area contributed by atoms with Crippen LogP contribution in [0.4, 0.5) is 17.1 Å². The van der Waals surface area contributed by atoms with Gasteiger partial charge in [-0.05, 0) is 184 Å². The Labute approximate surface area is 342 Å². The Bertz CT molecular complexity index is 2810. The van der Waals surface area contributed by atoms with Crippen molar-refractivity contribution in [3.05, 3.63) is 174 Å². The molecule has 0 amide bonds. The molecule has 7 aromatic rings. The molecule has 2 spiro atoms. The second-order valence-corrected chi connectivity index (χ2v) is 19.7. The third kappa shape index (κ3) is 4.13. The van der Waals surface area contributed by atoms with Gasteiger partial charge >= 0.3 is 0 Å². The van der Waals surface area contributed by atoms with Crippen LogP contribution in [0.1, 0.15) is 80.0 Å². The number of nitrogens with zero attached hydrogens (tertiary/aromatic N) is 1. The molecule has 6 saturated carbocycles. The summed E-state index contributed by atoms with van der Waals surface area (Å²) in [6.45, 7) is 0. The predicted octanol–water partition coefficient (Wildman–Crippen LogP) is 14.8. The Morgan fingerprint density at radius 1 is 0.414 bits per heavy atom. The first kappa shape index (κ1) is 32.5. The maximum absolute atomic E-state index is 2.70. The second kappa shape index (κ2) is 11.6. The molecule has 6 fully saturated rings. The molecule has 0 saturated heterocycles. The van der Waals surface area contributed by atoms with Gasteiger partial charge in [0.05, 0.1) is 5.69 Å². The average molecular weight is 748 g/mol. The molecule has 8 aliphatic carbocycles. The lowest BCUT2D eigenvalue weighted by atomic mass is 9.43. The van der Waals surface area contributed by atoms with E-state index in [1.54, 1.807) is 22.3 Å². The molecule has 282 valence electrons. The van der Waals surface area contributed by atoms with Crippen molar-refractivity contribution in [1.82, 2.24) is 0 Å². The zero-order chi connectivity index (χ0) is 37.7. The molecule has 1 heteroatoms. The van der Waals surface area contributed by atoms with Crippen LogP contribution < -0.4 is 4.90 Å². The Morgan fingerprint density at radius 3 is 1.84 bits per heavy atom. The Balaban J connectivity index is 0.984. The minimum Gasteiger partial charge on any atom is -0.310 e. The van der Waals surface area contributed by atoms with Crippen molar-refractivity contribution in [1.29, 1.82) is 0 Å². The van der Waals surface area contributed by atoms with E-state index in [0.29, 0.717) is 0 Å². The largest absolute Gasteiger partial charge is 0.310 e. The summed E-state index contributed by atoms with van der Waals surface area (Å²) in [4.78, 5) is 2.67. The van der Waals surface area contributed by atoms with Gasteiger partial charge in [-0.15, -0.1) is 0 Å². The Morgan fingerprint density at radius 2 is 1.07 bits per heavy atom. The van der Waals surface area contributed by atoms with Crippen LogP contribution >= 0.6 is 0 Å². The molecule has 6 bridgehead atoms. The first-order valence-electron chi connectivity index (χ1n) is 22.5. The zero-order valence-corrected chi connectivity index (χ0v) is 33.2. The summed E-state index contributed by atoms with van der Waals surface area (Å²) in [5, 5.41) is 2.58. The molecule has 2 unspecified atom stereocenters. The Kier molecular flexibility index (Phi) is 6.52. The van der Waals surface area contributed by atoms with Crippen molar-refractivity contribution in [2.75, 3.05) is 4.90 Å². The lowest BCUT2D eigenvalue weighted by Gasteiger charge is -2.61. The van der Waals surface area contributed by atoms with Crippen LogP contribution in [0.5, 0.6) is 0 Å². The van der Waals surface area contributed by atoms with E-state index in [4.69, 9.17) is 0 Å². The fourth-order valence-electron chi connectivity index (χ4n) is 15.5. The molecule has 58 heavy (non-hydrogen) atoms. The normalized spacial score (nSPS) is 29.9. The topological polar surface area (TPSA) is 3.24 Å². The summed E-state index contributed by atoms with van der Waals surface area (Å²) < 4.78 is 0. The second-order valence-electron chi connectivity index (χ2n) is 19.7. The SMILES string of the molecule is c1ccc2c(c1)-c1c(N(c3ccc(-c4ccc5ccccc5c4)cc3)c3ccc4c(c3)[C@]3(c5ccccc5-4)[C@@H]4CC5C[C@@H](C4)C[C@H]3C5)cccc1[C@@]21CC2CCC1C2. The number of rotatable bonds is 4. The van der Waals surface area contributed by atoms with E-state index in [0.717, 1.165) is 35.5 Å². The van der Waals surface area contributed by atoms with Crippen LogP contribution in [0.3, 0.4) is 0 Å². The third-order valence-electron chi connectivity index (χ3n) is 17.3. The third-order valence-corrected chi connectivity index (χ3v) is 17.3. The van der Waals surface area contributed by atoms with E-state index in [9.17, 15) is 0 Å². The maximum Gasteiger partial charge on any atom is 0.0543 e. The van der Waals surface area contributed by atoms with Crippen LogP contribution in [0.2, 0.25) is 0 Å². The molecule has 0 heterocycles. The van der Waals surface area contributed by atoms with Gasteiger partial charge in [0.1, 0.15) is 0 Å². The van der Waals surface area contributed by atoms with Gasteiger partial charge in [0.2, 0.25) is 0 Å². The summed E-state index contributed by atoms with van der Waals surface area (Å²) in [5.41, 5.74) is 19.0. The molecule has 1 nitrogen and oxygen atoms in total. The van der Waals surface area contributed by atoms with Crippen LogP contribution in [-0.4, -0.2) is 0 Å². The molecule has 7 aromatic carbocycles. The van der Waals surface area contributed by atoms with E-state index in [2.05, 4.69) is 157 Å². The van der Waals surface area contributed by atoms with Crippen molar-refractivity contribution >= 4 is 27.8 Å². The van der Waals surface area contributed by atoms with E-state index >= 15 is 0 Å². The minimum absolute atomic E-state index is 0.124.